The third-order valence-corrected chi connectivity index (χ3v) is 5.15. The summed E-state index contributed by atoms with van der Waals surface area (Å²) in [6.07, 6.45) is 5.00. The molecule has 0 heterocycles. The van der Waals surface area contributed by atoms with Crippen molar-refractivity contribution in [2.75, 3.05) is 26.4 Å². The molecule has 2 amide bonds. The quantitative estimate of drug-likeness (QED) is 0.302. The second-order valence-electron chi connectivity index (χ2n) is 8.20. The van der Waals surface area contributed by atoms with Crippen molar-refractivity contribution < 1.29 is 28.6 Å². The summed E-state index contributed by atoms with van der Waals surface area (Å²) in [5, 5.41) is 13.5. The maximum absolute atomic E-state index is 13.2. The summed E-state index contributed by atoms with van der Waals surface area (Å²) in [6.45, 7) is 14.8. The van der Waals surface area contributed by atoms with Gasteiger partial charge in [-0.05, 0) is 55.2 Å². The molecule has 0 spiro atoms. The second-order valence-corrected chi connectivity index (χ2v) is 8.20. The number of rotatable bonds is 10. The number of carbonyl (C=O) groups excluding carboxylic acids is 1. The number of hydrogen-bond acceptors (Lipinski definition) is 4. The average molecular weight is 483 g/mol. The van der Waals surface area contributed by atoms with E-state index < -0.39 is 6.09 Å². The summed E-state index contributed by atoms with van der Waals surface area (Å²) in [7, 11) is 0. The lowest BCUT2D eigenvalue weighted by Crippen LogP contribution is -2.36. The van der Waals surface area contributed by atoms with Gasteiger partial charge in [0.25, 0.3) is 0 Å². The molecule has 8 heteroatoms. The third kappa shape index (κ3) is 14.5. The van der Waals surface area contributed by atoms with E-state index in [-0.39, 0.29) is 37.4 Å². The van der Waals surface area contributed by atoms with Crippen molar-refractivity contribution in [3.63, 3.8) is 0 Å². The molecule has 1 aromatic carbocycles. The molecule has 2 rings (SSSR count). The summed E-state index contributed by atoms with van der Waals surface area (Å²) >= 11 is 0. The van der Waals surface area contributed by atoms with Crippen LogP contribution in [-0.4, -0.2) is 49.5 Å². The van der Waals surface area contributed by atoms with Crippen molar-refractivity contribution in [3.05, 3.63) is 42.2 Å². The Morgan fingerprint density at radius 1 is 1.18 bits per heavy atom. The molecule has 0 unspecified atom stereocenters. The highest BCUT2D eigenvalue weighted by Gasteiger charge is 2.18. The molecular formula is C26H43FN2O5. The summed E-state index contributed by atoms with van der Waals surface area (Å²) in [6, 6.07) is 4.89. The van der Waals surface area contributed by atoms with Gasteiger partial charge in [-0.1, -0.05) is 47.3 Å². The normalized spacial score (nSPS) is 16.8. The average Bonchev–Trinajstić information content (AvgIpc) is 2.81. The number of carbonyl (C=O) groups is 2. The molecule has 1 fully saturated rings. The predicted octanol–water partition coefficient (Wildman–Crippen LogP) is 5.51. The van der Waals surface area contributed by atoms with Crippen LogP contribution in [-0.2, 0) is 9.53 Å². The van der Waals surface area contributed by atoms with Crippen molar-refractivity contribution in [1.29, 1.82) is 0 Å². The fourth-order valence-corrected chi connectivity index (χ4v) is 3.32. The van der Waals surface area contributed by atoms with Gasteiger partial charge < -0.3 is 25.2 Å². The van der Waals surface area contributed by atoms with E-state index in [2.05, 4.69) is 24.1 Å². The predicted molar refractivity (Wildman–Crippen MR) is 134 cm³/mol. The Labute approximate surface area is 204 Å². The van der Waals surface area contributed by atoms with Crippen molar-refractivity contribution in [3.8, 4) is 5.75 Å². The molecule has 1 aliphatic carbocycles. The maximum atomic E-state index is 13.2. The first-order valence-corrected chi connectivity index (χ1v) is 12.1. The first-order chi connectivity index (χ1) is 16.2. The molecule has 3 N–H and O–H groups in total. The summed E-state index contributed by atoms with van der Waals surface area (Å²) in [4.78, 5) is 21.1. The molecule has 0 bridgehead atoms. The van der Waals surface area contributed by atoms with Crippen LogP contribution in [0.1, 0.15) is 71.8 Å². The molecule has 0 saturated heterocycles. The molecule has 194 valence electrons. The molecule has 1 aliphatic rings. The first kappa shape index (κ1) is 31.4. The SMILES string of the molecule is C=CC(=O)NC1CCC(C)CC1.CC.CC(C)c1ccc(F)cc1OCCOCCNC(=O)O. The van der Waals surface area contributed by atoms with Gasteiger partial charge in [0.05, 0.1) is 13.2 Å². The zero-order valence-corrected chi connectivity index (χ0v) is 21.4. The summed E-state index contributed by atoms with van der Waals surface area (Å²) in [5.74, 6) is 1.23. The van der Waals surface area contributed by atoms with Gasteiger partial charge in [-0.15, -0.1) is 0 Å². The van der Waals surface area contributed by atoms with E-state index in [4.69, 9.17) is 14.6 Å². The lowest BCUT2D eigenvalue weighted by Gasteiger charge is -2.26. The van der Waals surface area contributed by atoms with Gasteiger partial charge in [0.15, 0.2) is 0 Å². The number of nitrogens with one attached hydrogen (secondary N) is 2. The Balaban J connectivity index is 0.000000662. The maximum Gasteiger partial charge on any atom is 0.404 e. The van der Waals surface area contributed by atoms with Crippen LogP contribution in [0.5, 0.6) is 5.75 Å². The van der Waals surface area contributed by atoms with Gasteiger partial charge in [-0.25, -0.2) is 9.18 Å². The standard InChI is InChI=1S/C14H20FNO4.C10H17NO.C2H6/c1-10(2)12-4-3-11(15)9-13(12)20-8-7-19-6-5-16-14(17)18;1-3-10(12)11-9-6-4-8(2)5-7-9;1-2/h3-4,9-10,16H,5-8H2,1-2H3,(H,17,18);3,8-9H,1,4-7H2,2H3,(H,11,12);1-2H3. The first-order valence-electron chi connectivity index (χ1n) is 12.1. The van der Waals surface area contributed by atoms with Crippen LogP contribution >= 0.6 is 0 Å². The lowest BCUT2D eigenvalue weighted by molar-refractivity contribution is -0.117. The van der Waals surface area contributed by atoms with Gasteiger partial charge in [0, 0.05) is 18.7 Å². The van der Waals surface area contributed by atoms with Crippen LogP contribution in [0.15, 0.2) is 30.9 Å². The number of amides is 2. The van der Waals surface area contributed by atoms with E-state index in [9.17, 15) is 14.0 Å². The highest BCUT2D eigenvalue weighted by Crippen LogP contribution is 2.27. The largest absolute Gasteiger partial charge is 0.491 e. The zero-order valence-electron chi connectivity index (χ0n) is 21.4. The van der Waals surface area contributed by atoms with E-state index in [1.807, 2.05) is 27.7 Å². The minimum Gasteiger partial charge on any atom is -0.491 e. The van der Waals surface area contributed by atoms with Crippen molar-refractivity contribution >= 4 is 12.0 Å². The summed E-state index contributed by atoms with van der Waals surface area (Å²) in [5.41, 5.74) is 0.943. The number of carboxylic acid groups (broad SMARTS) is 1. The highest BCUT2D eigenvalue weighted by atomic mass is 19.1. The molecule has 1 saturated carbocycles. The molecule has 1 aromatic rings. The molecule has 34 heavy (non-hydrogen) atoms. The fourth-order valence-electron chi connectivity index (χ4n) is 3.32. The Morgan fingerprint density at radius 2 is 1.82 bits per heavy atom. The van der Waals surface area contributed by atoms with Crippen LogP contribution in [0.4, 0.5) is 9.18 Å². The Bertz CT molecular complexity index is 719. The molecular weight excluding hydrogens is 439 g/mol. The van der Waals surface area contributed by atoms with Crippen molar-refractivity contribution in [2.24, 2.45) is 5.92 Å². The summed E-state index contributed by atoms with van der Waals surface area (Å²) < 4.78 is 23.9. The van der Waals surface area contributed by atoms with Gasteiger partial charge in [0.1, 0.15) is 18.2 Å². The van der Waals surface area contributed by atoms with E-state index in [1.165, 1.54) is 31.1 Å². The molecule has 0 aromatic heterocycles. The minimum absolute atomic E-state index is 0.0328. The van der Waals surface area contributed by atoms with Gasteiger partial charge in [-0.3, -0.25) is 4.79 Å². The number of ether oxygens (including phenoxy) is 2. The van der Waals surface area contributed by atoms with Crippen LogP contribution in [0, 0.1) is 11.7 Å². The van der Waals surface area contributed by atoms with Crippen LogP contribution in [0.2, 0.25) is 0 Å². The molecule has 7 nitrogen and oxygen atoms in total. The van der Waals surface area contributed by atoms with Gasteiger partial charge >= 0.3 is 6.09 Å². The second kappa shape index (κ2) is 18.8. The zero-order chi connectivity index (χ0) is 25.9. The molecule has 0 atom stereocenters. The van der Waals surface area contributed by atoms with Crippen LogP contribution in [0.3, 0.4) is 0 Å². The number of benzene rings is 1. The smallest absolute Gasteiger partial charge is 0.404 e. The Kier molecular flexibility index (Phi) is 17.3. The van der Waals surface area contributed by atoms with E-state index in [1.54, 1.807) is 6.07 Å². The minimum atomic E-state index is -1.08. The third-order valence-electron chi connectivity index (χ3n) is 5.15. The fraction of sp³-hybridized carbons (Fsp3) is 0.615. The van der Waals surface area contributed by atoms with E-state index >= 15 is 0 Å². The molecule has 0 radical (unpaired) electrons. The van der Waals surface area contributed by atoms with Crippen LogP contribution < -0.4 is 15.4 Å². The molecule has 0 aliphatic heterocycles. The highest BCUT2D eigenvalue weighted by molar-refractivity contribution is 5.87. The Morgan fingerprint density at radius 3 is 2.38 bits per heavy atom. The van der Waals surface area contributed by atoms with Crippen molar-refractivity contribution in [1.82, 2.24) is 10.6 Å². The van der Waals surface area contributed by atoms with Gasteiger partial charge in [-0.2, -0.15) is 0 Å². The van der Waals surface area contributed by atoms with E-state index in [0.29, 0.717) is 18.4 Å². The lowest BCUT2D eigenvalue weighted by atomic mass is 9.87. The van der Waals surface area contributed by atoms with Crippen molar-refractivity contribution in [2.45, 2.75) is 72.3 Å². The van der Waals surface area contributed by atoms with Crippen LogP contribution in [0.25, 0.3) is 0 Å². The van der Waals surface area contributed by atoms with E-state index in [0.717, 1.165) is 24.3 Å². The Hall–Kier alpha value is -2.61. The number of halogens is 1. The van der Waals surface area contributed by atoms with Gasteiger partial charge in [0.2, 0.25) is 5.91 Å². The topological polar surface area (TPSA) is 96.9 Å². The monoisotopic (exact) mass is 482 g/mol. The number of hydrogen-bond donors (Lipinski definition) is 3.